The number of aliphatic hydroxyl groups is 1. The molecule has 0 aliphatic heterocycles. The van der Waals surface area contributed by atoms with Gasteiger partial charge in [-0.2, -0.15) is 0 Å². The van der Waals surface area contributed by atoms with Gasteiger partial charge in [0.2, 0.25) is 0 Å². The molecular formula is C13H18FNO. The van der Waals surface area contributed by atoms with E-state index in [9.17, 15) is 9.50 Å². The maximum absolute atomic E-state index is 13.3. The number of benzene rings is 1. The van der Waals surface area contributed by atoms with Crippen molar-refractivity contribution in [1.82, 2.24) is 0 Å². The third kappa shape index (κ3) is 1.69. The van der Waals surface area contributed by atoms with Gasteiger partial charge < -0.3 is 10.0 Å². The summed E-state index contributed by atoms with van der Waals surface area (Å²) in [6.45, 7) is 1.79. The van der Waals surface area contributed by atoms with Crippen molar-refractivity contribution >= 4 is 5.69 Å². The van der Waals surface area contributed by atoms with Crippen LogP contribution in [0.2, 0.25) is 0 Å². The zero-order valence-electron chi connectivity index (χ0n) is 10.00. The predicted molar refractivity (Wildman–Crippen MR) is 63.3 cm³/mol. The number of hydrogen-bond donors (Lipinski definition) is 1. The summed E-state index contributed by atoms with van der Waals surface area (Å²) in [4.78, 5) is 1.97. The van der Waals surface area contributed by atoms with Crippen LogP contribution in [-0.2, 0) is 5.41 Å². The van der Waals surface area contributed by atoms with E-state index in [1.165, 1.54) is 6.07 Å². The second kappa shape index (κ2) is 3.74. The maximum Gasteiger partial charge on any atom is 0.123 e. The summed E-state index contributed by atoms with van der Waals surface area (Å²) in [7, 11) is 3.88. The van der Waals surface area contributed by atoms with Crippen molar-refractivity contribution in [3.63, 3.8) is 0 Å². The van der Waals surface area contributed by atoms with E-state index >= 15 is 0 Å². The first-order valence-electron chi connectivity index (χ1n) is 5.63. The molecule has 1 atom stereocenters. The van der Waals surface area contributed by atoms with Crippen LogP contribution in [0.4, 0.5) is 10.1 Å². The summed E-state index contributed by atoms with van der Waals surface area (Å²) in [5, 5.41) is 9.85. The van der Waals surface area contributed by atoms with Crippen LogP contribution in [0, 0.1) is 5.82 Å². The Balaban J connectivity index is 2.50. The molecule has 88 valence electrons. The molecule has 1 unspecified atom stereocenters. The molecule has 3 heteroatoms. The third-order valence-corrected chi connectivity index (χ3v) is 3.57. The quantitative estimate of drug-likeness (QED) is 0.850. The molecule has 2 rings (SSSR count). The average molecular weight is 223 g/mol. The lowest BCUT2D eigenvalue weighted by molar-refractivity contribution is 0.151. The fourth-order valence-corrected chi connectivity index (χ4v) is 2.34. The van der Waals surface area contributed by atoms with E-state index in [-0.39, 0.29) is 11.2 Å². The van der Waals surface area contributed by atoms with Gasteiger partial charge >= 0.3 is 0 Å². The van der Waals surface area contributed by atoms with Gasteiger partial charge in [-0.25, -0.2) is 4.39 Å². The van der Waals surface area contributed by atoms with E-state index in [1.54, 1.807) is 19.1 Å². The molecule has 1 aliphatic carbocycles. The van der Waals surface area contributed by atoms with Crippen LogP contribution in [0.5, 0.6) is 0 Å². The third-order valence-electron chi connectivity index (χ3n) is 3.57. The Morgan fingerprint density at radius 1 is 1.38 bits per heavy atom. The Bertz CT molecular complexity index is 397. The highest BCUT2D eigenvalue weighted by molar-refractivity contribution is 5.58. The van der Waals surface area contributed by atoms with Gasteiger partial charge in [0.25, 0.3) is 0 Å². The summed E-state index contributed by atoms with van der Waals surface area (Å²) < 4.78 is 13.3. The molecule has 1 aromatic rings. The average Bonchev–Trinajstić information content (AvgIpc) is 2.97. The monoisotopic (exact) mass is 223 g/mol. The molecule has 16 heavy (non-hydrogen) atoms. The summed E-state index contributed by atoms with van der Waals surface area (Å²) in [6.07, 6.45) is 1.46. The first-order valence-corrected chi connectivity index (χ1v) is 5.63. The number of aliphatic hydroxyl groups excluding tert-OH is 1. The molecule has 1 aromatic carbocycles. The zero-order chi connectivity index (χ0) is 11.9. The van der Waals surface area contributed by atoms with Crippen molar-refractivity contribution in [3.05, 3.63) is 29.6 Å². The molecule has 1 aliphatic rings. The number of anilines is 1. The maximum atomic E-state index is 13.3. The highest BCUT2D eigenvalue weighted by atomic mass is 19.1. The van der Waals surface area contributed by atoms with E-state index in [0.29, 0.717) is 0 Å². The van der Waals surface area contributed by atoms with Crippen molar-refractivity contribution in [2.45, 2.75) is 31.3 Å². The zero-order valence-corrected chi connectivity index (χ0v) is 10.00. The molecule has 0 aromatic heterocycles. The van der Waals surface area contributed by atoms with Gasteiger partial charge in [0, 0.05) is 25.2 Å². The Morgan fingerprint density at radius 2 is 2.00 bits per heavy atom. The van der Waals surface area contributed by atoms with Crippen LogP contribution in [0.1, 0.15) is 25.3 Å². The van der Waals surface area contributed by atoms with Crippen LogP contribution in [0.3, 0.4) is 0 Å². The van der Waals surface area contributed by atoms with Crippen molar-refractivity contribution in [3.8, 4) is 0 Å². The fraction of sp³-hybridized carbons (Fsp3) is 0.538. The molecule has 1 saturated carbocycles. The smallest absolute Gasteiger partial charge is 0.123 e. The molecule has 0 radical (unpaired) electrons. The summed E-state index contributed by atoms with van der Waals surface area (Å²) in [5.41, 5.74) is 1.72. The van der Waals surface area contributed by atoms with Crippen LogP contribution in [-0.4, -0.2) is 25.3 Å². The van der Waals surface area contributed by atoms with Gasteiger partial charge in [0.05, 0.1) is 6.10 Å². The van der Waals surface area contributed by atoms with Gasteiger partial charge in [0.1, 0.15) is 5.82 Å². The number of hydrogen-bond acceptors (Lipinski definition) is 2. The lowest BCUT2D eigenvalue weighted by Crippen LogP contribution is -2.25. The lowest BCUT2D eigenvalue weighted by Gasteiger charge is -2.25. The number of nitrogens with zero attached hydrogens (tertiary/aromatic N) is 1. The standard InChI is InChI=1S/C13H18FNO/c1-9(16)13(6-7-13)11-8-10(14)4-5-12(11)15(2)3/h4-5,8-9,16H,6-7H2,1-3H3. The molecule has 1 fully saturated rings. The Morgan fingerprint density at radius 3 is 2.44 bits per heavy atom. The molecule has 0 bridgehead atoms. The van der Waals surface area contributed by atoms with Gasteiger partial charge in [-0.05, 0) is 43.5 Å². The number of halogens is 1. The van der Waals surface area contributed by atoms with Crippen molar-refractivity contribution in [1.29, 1.82) is 0 Å². The minimum Gasteiger partial charge on any atom is -0.392 e. The van der Waals surface area contributed by atoms with E-state index in [1.807, 2.05) is 19.0 Å². The Hall–Kier alpha value is -1.09. The second-order valence-electron chi connectivity index (χ2n) is 4.89. The molecule has 0 amide bonds. The van der Waals surface area contributed by atoms with Gasteiger partial charge in [0.15, 0.2) is 0 Å². The fourth-order valence-electron chi connectivity index (χ4n) is 2.34. The van der Waals surface area contributed by atoms with E-state index in [2.05, 4.69) is 0 Å². The van der Waals surface area contributed by atoms with Crippen molar-refractivity contribution in [2.75, 3.05) is 19.0 Å². The van der Waals surface area contributed by atoms with Crippen molar-refractivity contribution in [2.24, 2.45) is 0 Å². The van der Waals surface area contributed by atoms with Gasteiger partial charge in [-0.3, -0.25) is 0 Å². The molecule has 0 spiro atoms. The van der Waals surface area contributed by atoms with Crippen molar-refractivity contribution < 1.29 is 9.50 Å². The van der Waals surface area contributed by atoms with E-state index in [0.717, 1.165) is 24.1 Å². The Labute approximate surface area is 95.7 Å². The largest absolute Gasteiger partial charge is 0.392 e. The lowest BCUT2D eigenvalue weighted by atomic mass is 9.89. The SMILES string of the molecule is CC(O)C1(c2cc(F)ccc2N(C)C)CC1. The minimum absolute atomic E-state index is 0.221. The highest BCUT2D eigenvalue weighted by Crippen LogP contribution is 2.53. The Kier molecular flexibility index (Phi) is 2.66. The molecule has 2 nitrogen and oxygen atoms in total. The predicted octanol–water partition coefficient (Wildman–Crippen LogP) is 2.30. The first kappa shape index (κ1) is 11.4. The number of rotatable bonds is 3. The molecule has 0 saturated heterocycles. The minimum atomic E-state index is -0.423. The van der Waals surface area contributed by atoms with E-state index in [4.69, 9.17) is 0 Å². The van der Waals surface area contributed by atoms with Gasteiger partial charge in [-0.15, -0.1) is 0 Å². The highest BCUT2D eigenvalue weighted by Gasteiger charge is 2.49. The van der Waals surface area contributed by atoms with Crippen LogP contribution >= 0.6 is 0 Å². The molecular weight excluding hydrogens is 205 g/mol. The van der Waals surface area contributed by atoms with Crippen LogP contribution < -0.4 is 4.90 Å². The normalized spacial score (nSPS) is 19.3. The van der Waals surface area contributed by atoms with Crippen LogP contribution in [0.25, 0.3) is 0 Å². The molecule has 0 heterocycles. The summed E-state index contributed by atoms with van der Waals surface area (Å²) in [6, 6.07) is 4.82. The summed E-state index contributed by atoms with van der Waals surface area (Å²) >= 11 is 0. The second-order valence-corrected chi connectivity index (χ2v) is 4.89. The first-order chi connectivity index (χ1) is 7.47. The van der Waals surface area contributed by atoms with E-state index < -0.39 is 6.10 Å². The summed E-state index contributed by atoms with van der Waals surface area (Å²) in [5.74, 6) is -0.229. The molecule has 1 N–H and O–H groups in total. The van der Waals surface area contributed by atoms with Gasteiger partial charge in [-0.1, -0.05) is 0 Å². The van der Waals surface area contributed by atoms with Crippen LogP contribution in [0.15, 0.2) is 18.2 Å². The topological polar surface area (TPSA) is 23.5 Å².